The summed E-state index contributed by atoms with van der Waals surface area (Å²) in [5.41, 5.74) is 3.92. The average Bonchev–Trinajstić information content (AvgIpc) is 2.45. The number of hydrogen-bond acceptors (Lipinski definition) is 1. The van der Waals surface area contributed by atoms with E-state index >= 15 is 0 Å². The van der Waals surface area contributed by atoms with E-state index < -0.39 is 0 Å². The summed E-state index contributed by atoms with van der Waals surface area (Å²) in [5.74, 6) is 0. The van der Waals surface area contributed by atoms with Gasteiger partial charge in [-0.15, -0.1) is 0 Å². The van der Waals surface area contributed by atoms with Gasteiger partial charge in [0.2, 0.25) is 0 Å². The van der Waals surface area contributed by atoms with Crippen molar-refractivity contribution in [3.8, 4) is 11.1 Å². The van der Waals surface area contributed by atoms with Gasteiger partial charge in [0.15, 0.2) is 0 Å². The van der Waals surface area contributed by atoms with Crippen molar-refractivity contribution < 1.29 is 0 Å². The molecule has 0 atom stereocenters. The molecule has 0 saturated heterocycles. The molecule has 0 saturated carbocycles. The lowest BCUT2D eigenvalue weighted by Gasteiger charge is -2.06. The summed E-state index contributed by atoms with van der Waals surface area (Å²) in [6.07, 6.45) is 2.50. The van der Waals surface area contributed by atoms with Gasteiger partial charge in [0, 0.05) is 6.54 Å². The van der Waals surface area contributed by atoms with Crippen LogP contribution in [0, 0.1) is 0 Å². The molecule has 0 aliphatic carbocycles. The molecule has 0 aliphatic rings. The highest BCUT2D eigenvalue weighted by Gasteiger charge is 1.97. The smallest absolute Gasteiger partial charge is 0.0205 e. The van der Waals surface area contributed by atoms with Crippen LogP contribution in [0.3, 0.4) is 0 Å². The second-order valence-corrected chi connectivity index (χ2v) is 4.59. The normalized spacial score (nSPS) is 10.5. The van der Waals surface area contributed by atoms with Crippen LogP contribution >= 0.6 is 0 Å². The summed E-state index contributed by atoms with van der Waals surface area (Å²) >= 11 is 0. The van der Waals surface area contributed by atoms with E-state index in [4.69, 9.17) is 0 Å². The van der Waals surface area contributed by atoms with E-state index in [0.717, 1.165) is 13.1 Å². The first-order valence-corrected chi connectivity index (χ1v) is 6.75. The summed E-state index contributed by atoms with van der Waals surface area (Å²) in [4.78, 5) is 0. The van der Waals surface area contributed by atoms with E-state index in [0.29, 0.717) is 0 Å². The Balaban J connectivity index is 1.94. The summed E-state index contributed by atoms with van der Waals surface area (Å²) in [7, 11) is 0. The van der Waals surface area contributed by atoms with Gasteiger partial charge in [-0.25, -0.2) is 0 Å². The van der Waals surface area contributed by atoms with Crippen molar-refractivity contribution in [1.29, 1.82) is 0 Å². The number of rotatable bonds is 6. The van der Waals surface area contributed by atoms with Crippen molar-refractivity contribution in [1.82, 2.24) is 5.32 Å². The molecule has 94 valence electrons. The molecule has 1 nitrogen and oxygen atoms in total. The molecule has 0 bridgehead atoms. The first-order chi connectivity index (χ1) is 8.90. The zero-order valence-corrected chi connectivity index (χ0v) is 11.0. The van der Waals surface area contributed by atoms with Gasteiger partial charge in [-0.05, 0) is 29.7 Å². The van der Waals surface area contributed by atoms with Crippen LogP contribution < -0.4 is 5.32 Å². The van der Waals surface area contributed by atoms with Crippen LogP contribution in [-0.2, 0) is 6.54 Å². The minimum Gasteiger partial charge on any atom is -0.313 e. The van der Waals surface area contributed by atoms with Crippen molar-refractivity contribution in [2.45, 2.75) is 26.3 Å². The molecular weight excluding hydrogens is 218 g/mol. The zero-order chi connectivity index (χ0) is 12.6. The molecule has 0 amide bonds. The minimum absolute atomic E-state index is 0.967. The van der Waals surface area contributed by atoms with E-state index in [1.165, 1.54) is 29.5 Å². The zero-order valence-electron chi connectivity index (χ0n) is 11.0. The van der Waals surface area contributed by atoms with Gasteiger partial charge in [0.1, 0.15) is 0 Å². The summed E-state index contributed by atoms with van der Waals surface area (Å²) in [5, 5.41) is 3.46. The molecular formula is C17H21N. The maximum atomic E-state index is 3.46. The quantitative estimate of drug-likeness (QED) is 0.743. The number of nitrogens with one attached hydrogen (secondary N) is 1. The third-order valence-corrected chi connectivity index (χ3v) is 3.10. The third kappa shape index (κ3) is 3.71. The van der Waals surface area contributed by atoms with Crippen LogP contribution in [0.2, 0.25) is 0 Å². The Bertz CT molecular complexity index is 445. The lowest BCUT2D eigenvalue weighted by atomic mass is 10.0. The molecule has 0 spiro atoms. The fourth-order valence-corrected chi connectivity index (χ4v) is 1.98. The molecule has 0 radical (unpaired) electrons. The number of unbranched alkanes of at least 4 members (excludes halogenated alkanes) is 1. The van der Waals surface area contributed by atoms with Crippen molar-refractivity contribution in [3.05, 3.63) is 60.2 Å². The first kappa shape index (κ1) is 12.8. The second kappa shape index (κ2) is 6.97. The molecule has 1 heteroatoms. The highest BCUT2D eigenvalue weighted by atomic mass is 14.8. The SMILES string of the molecule is CCCCNCc1ccc(-c2ccccc2)cc1. The second-order valence-electron chi connectivity index (χ2n) is 4.59. The van der Waals surface area contributed by atoms with Gasteiger partial charge in [-0.1, -0.05) is 67.9 Å². The maximum Gasteiger partial charge on any atom is 0.0205 e. The number of benzene rings is 2. The van der Waals surface area contributed by atoms with Crippen LogP contribution in [0.25, 0.3) is 11.1 Å². The highest BCUT2D eigenvalue weighted by molar-refractivity contribution is 5.63. The average molecular weight is 239 g/mol. The Morgan fingerprint density at radius 2 is 1.50 bits per heavy atom. The molecule has 0 heterocycles. The largest absolute Gasteiger partial charge is 0.313 e. The summed E-state index contributed by atoms with van der Waals surface area (Å²) < 4.78 is 0. The highest BCUT2D eigenvalue weighted by Crippen LogP contribution is 2.19. The van der Waals surface area contributed by atoms with Crippen LogP contribution in [-0.4, -0.2) is 6.54 Å². The van der Waals surface area contributed by atoms with Gasteiger partial charge < -0.3 is 5.32 Å². The van der Waals surface area contributed by atoms with Gasteiger partial charge in [-0.3, -0.25) is 0 Å². The van der Waals surface area contributed by atoms with Gasteiger partial charge in [-0.2, -0.15) is 0 Å². The monoisotopic (exact) mass is 239 g/mol. The van der Waals surface area contributed by atoms with Crippen LogP contribution in [0.1, 0.15) is 25.3 Å². The lowest BCUT2D eigenvalue weighted by Crippen LogP contribution is -2.14. The molecule has 0 aromatic heterocycles. The Morgan fingerprint density at radius 3 is 2.17 bits per heavy atom. The van der Waals surface area contributed by atoms with Gasteiger partial charge in [0.25, 0.3) is 0 Å². The molecule has 1 N–H and O–H groups in total. The topological polar surface area (TPSA) is 12.0 Å². The Hall–Kier alpha value is -1.60. The molecule has 18 heavy (non-hydrogen) atoms. The van der Waals surface area contributed by atoms with E-state index in [1.54, 1.807) is 0 Å². The predicted octanol–water partition coefficient (Wildman–Crippen LogP) is 4.24. The standard InChI is InChI=1S/C17H21N/c1-2-3-13-18-14-15-9-11-17(12-10-15)16-7-5-4-6-8-16/h4-12,18H,2-3,13-14H2,1H3. The molecule has 0 aliphatic heterocycles. The predicted molar refractivity (Wildman–Crippen MR) is 78.5 cm³/mol. The fraction of sp³-hybridized carbons (Fsp3) is 0.294. The van der Waals surface area contributed by atoms with E-state index in [2.05, 4.69) is 66.8 Å². The number of hydrogen-bond donors (Lipinski definition) is 1. The van der Waals surface area contributed by atoms with Crippen LogP contribution in [0.5, 0.6) is 0 Å². The van der Waals surface area contributed by atoms with E-state index in [1.807, 2.05) is 0 Å². The maximum absolute atomic E-state index is 3.46. The van der Waals surface area contributed by atoms with Crippen LogP contribution in [0.15, 0.2) is 54.6 Å². The van der Waals surface area contributed by atoms with Crippen molar-refractivity contribution in [2.75, 3.05) is 6.54 Å². The van der Waals surface area contributed by atoms with Gasteiger partial charge in [0.05, 0.1) is 0 Å². The first-order valence-electron chi connectivity index (χ1n) is 6.75. The lowest BCUT2D eigenvalue weighted by molar-refractivity contribution is 0.641. The Labute approximate surface area is 110 Å². The van der Waals surface area contributed by atoms with Crippen LogP contribution in [0.4, 0.5) is 0 Å². The van der Waals surface area contributed by atoms with Crippen molar-refractivity contribution >= 4 is 0 Å². The van der Waals surface area contributed by atoms with E-state index in [9.17, 15) is 0 Å². The van der Waals surface area contributed by atoms with E-state index in [-0.39, 0.29) is 0 Å². The van der Waals surface area contributed by atoms with Gasteiger partial charge >= 0.3 is 0 Å². The summed E-state index contributed by atoms with van der Waals surface area (Å²) in [6, 6.07) is 19.3. The Kier molecular flexibility index (Phi) is 4.98. The molecule has 2 aromatic carbocycles. The Morgan fingerprint density at radius 1 is 0.833 bits per heavy atom. The molecule has 2 aromatic rings. The summed E-state index contributed by atoms with van der Waals surface area (Å²) in [6.45, 7) is 4.29. The molecule has 0 unspecified atom stereocenters. The van der Waals surface area contributed by atoms with Crippen molar-refractivity contribution in [3.63, 3.8) is 0 Å². The molecule has 2 rings (SSSR count). The molecule has 0 fully saturated rings. The third-order valence-electron chi connectivity index (χ3n) is 3.10. The fourth-order valence-electron chi connectivity index (χ4n) is 1.98. The van der Waals surface area contributed by atoms with Crippen molar-refractivity contribution in [2.24, 2.45) is 0 Å². The minimum atomic E-state index is 0.967.